The molecule has 0 saturated carbocycles. The van der Waals surface area contributed by atoms with E-state index in [1.54, 1.807) is 0 Å². The van der Waals surface area contributed by atoms with E-state index in [2.05, 4.69) is 67.5 Å². The lowest BCUT2D eigenvalue weighted by Gasteiger charge is -2.34. The first-order valence-corrected chi connectivity index (χ1v) is 10.6. The van der Waals surface area contributed by atoms with Crippen LogP contribution in [-0.2, 0) is 4.79 Å². The van der Waals surface area contributed by atoms with Gasteiger partial charge in [-0.3, -0.25) is 9.69 Å². The SMILES string of the molecule is Cc1cc(NC(=O)CCN2CCN(C/C=C/c3ccccc3)CC2)ccc1Br.[Cl-]. The summed E-state index contributed by atoms with van der Waals surface area (Å²) in [6.07, 6.45) is 4.95. The maximum atomic E-state index is 12.2. The Hall–Kier alpha value is -1.66. The van der Waals surface area contributed by atoms with Crippen LogP contribution in [0.15, 0.2) is 59.1 Å². The van der Waals surface area contributed by atoms with E-state index in [1.165, 1.54) is 5.56 Å². The van der Waals surface area contributed by atoms with E-state index >= 15 is 0 Å². The molecule has 0 atom stereocenters. The Bertz CT molecular complexity index is 805. The summed E-state index contributed by atoms with van der Waals surface area (Å²) in [5.41, 5.74) is 3.23. The highest BCUT2D eigenvalue weighted by molar-refractivity contribution is 9.10. The average molecular weight is 478 g/mol. The molecule has 2 aromatic rings. The second-order valence-electron chi connectivity index (χ2n) is 7.22. The molecular formula is C23H28BrClN3O-. The fraction of sp³-hybridized carbons (Fsp3) is 0.348. The van der Waals surface area contributed by atoms with Crippen molar-refractivity contribution < 1.29 is 17.2 Å². The van der Waals surface area contributed by atoms with Gasteiger partial charge in [0.15, 0.2) is 0 Å². The highest BCUT2D eigenvalue weighted by atomic mass is 79.9. The van der Waals surface area contributed by atoms with Gasteiger partial charge in [0.2, 0.25) is 5.91 Å². The third-order valence-corrected chi connectivity index (χ3v) is 5.92. The molecule has 156 valence electrons. The third-order valence-electron chi connectivity index (χ3n) is 5.04. The van der Waals surface area contributed by atoms with Gasteiger partial charge in [-0.1, -0.05) is 58.4 Å². The zero-order chi connectivity index (χ0) is 19.8. The van der Waals surface area contributed by atoms with Crippen LogP contribution in [0.3, 0.4) is 0 Å². The molecule has 0 unspecified atom stereocenters. The molecule has 1 heterocycles. The molecule has 1 fully saturated rings. The van der Waals surface area contributed by atoms with Crippen LogP contribution in [0.2, 0.25) is 0 Å². The number of hydrogen-bond donors (Lipinski definition) is 1. The molecule has 2 aromatic carbocycles. The molecule has 0 aliphatic carbocycles. The number of anilines is 1. The highest BCUT2D eigenvalue weighted by Crippen LogP contribution is 2.20. The van der Waals surface area contributed by atoms with E-state index in [0.717, 1.165) is 55.0 Å². The number of rotatable bonds is 7. The summed E-state index contributed by atoms with van der Waals surface area (Å²) < 4.78 is 1.06. The van der Waals surface area contributed by atoms with Crippen molar-refractivity contribution in [2.45, 2.75) is 13.3 Å². The molecule has 1 amide bonds. The minimum atomic E-state index is 0. The number of carbonyl (C=O) groups is 1. The molecule has 0 spiro atoms. The number of amides is 1. The standard InChI is InChI=1S/C23H28BrN3O.ClH/c1-19-18-21(9-10-22(19)24)25-23(28)11-13-27-16-14-26(15-17-27)12-5-8-20-6-3-2-4-7-20;/h2-10,18H,11-17H2,1H3,(H,25,28);1H/p-1/b8-5+;. The normalized spacial score (nSPS) is 15.2. The molecule has 0 bridgehead atoms. The van der Waals surface area contributed by atoms with E-state index in [4.69, 9.17) is 0 Å². The molecule has 1 aliphatic heterocycles. The molecule has 3 rings (SSSR count). The van der Waals surface area contributed by atoms with E-state index in [9.17, 15) is 4.79 Å². The van der Waals surface area contributed by atoms with Crippen molar-refractivity contribution in [2.75, 3.05) is 44.6 Å². The number of piperazine rings is 1. The van der Waals surface area contributed by atoms with Crippen LogP contribution in [0.4, 0.5) is 5.69 Å². The first-order chi connectivity index (χ1) is 13.6. The first kappa shape index (κ1) is 23.6. The topological polar surface area (TPSA) is 35.6 Å². The van der Waals surface area contributed by atoms with Gasteiger partial charge in [-0.15, -0.1) is 0 Å². The monoisotopic (exact) mass is 476 g/mol. The fourth-order valence-electron chi connectivity index (χ4n) is 3.30. The molecule has 0 radical (unpaired) electrons. The maximum absolute atomic E-state index is 12.2. The van der Waals surface area contributed by atoms with Gasteiger partial charge in [0.1, 0.15) is 0 Å². The third kappa shape index (κ3) is 7.94. The van der Waals surface area contributed by atoms with Crippen molar-refractivity contribution >= 4 is 33.6 Å². The second-order valence-corrected chi connectivity index (χ2v) is 8.07. The zero-order valence-corrected chi connectivity index (χ0v) is 19.1. The Morgan fingerprint density at radius 2 is 1.76 bits per heavy atom. The Kier molecular flexibility index (Phi) is 9.88. The number of benzene rings is 2. The summed E-state index contributed by atoms with van der Waals surface area (Å²) in [5.74, 6) is 0.0787. The van der Waals surface area contributed by atoms with Gasteiger partial charge in [0, 0.05) is 55.8 Å². The minimum Gasteiger partial charge on any atom is -1.00 e. The van der Waals surface area contributed by atoms with E-state index in [0.29, 0.717) is 6.42 Å². The van der Waals surface area contributed by atoms with Crippen molar-refractivity contribution in [1.29, 1.82) is 0 Å². The highest BCUT2D eigenvalue weighted by Gasteiger charge is 2.16. The van der Waals surface area contributed by atoms with Gasteiger partial charge in [0.05, 0.1) is 0 Å². The number of carbonyl (C=O) groups excluding carboxylic acids is 1. The number of hydrogen-bond acceptors (Lipinski definition) is 3. The van der Waals surface area contributed by atoms with Gasteiger partial charge >= 0.3 is 0 Å². The van der Waals surface area contributed by atoms with Gasteiger partial charge in [-0.05, 0) is 36.2 Å². The van der Waals surface area contributed by atoms with Crippen molar-refractivity contribution in [3.8, 4) is 0 Å². The lowest BCUT2D eigenvalue weighted by Crippen LogP contribution is -3.00. The fourth-order valence-corrected chi connectivity index (χ4v) is 3.55. The van der Waals surface area contributed by atoms with Crippen LogP contribution < -0.4 is 17.7 Å². The lowest BCUT2D eigenvalue weighted by molar-refractivity contribution is -0.116. The Morgan fingerprint density at radius 3 is 2.45 bits per heavy atom. The zero-order valence-electron chi connectivity index (χ0n) is 16.8. The summed E-state index contributed by atoms with van der Waals surface area (Å²) in [7, 11) is 0. The van der Waals surface area contributed by atoms with Crippen molar-refractivity contribution in [3.63, 3.8) is 0 Å². The number of halogens is 2. The molecule has 0 aromatic heterocycles. The molecule has 1 saturated heterocycles. The summed E-state index contributed by atoms with van der Waals surface area (Å²) in [4.78, 5) is 17.1. The Labute approximate surface area is 188 Å². The first-order valence-electron chi connectivity index (χ1n) is 9.82. The summed E-state index contributed by atoms with van der Waals surface area (Å²) in [6, 6.07) is 16.3. The van der Waals surface area contributed by atoms with E-state index in [1.807, 2.05) is 31.2 Å². The van der Waals surface area contributed by atoms with Crippen molar-refractivity contribution in [3.05, 3.63) is 70.2 Å². The lowest BCUT2D eigenvalue weighted by atomic mass is 10.2. The van der Waals surface area contributed by atoms with E-state index in [-0.39, 0.29) is 18.3 Å². The number of nitrogens with zero attached hydrogens (tertiary/aromatic N) is 2. The summed E-state index contributed by atoms with van der Waals surface area (Å²) in [6.45, 7) is 7.95. The van der Waals surface area contributed by atoms with Crippen molar-refractivity contribution in [2.24, 2.45) is 0 Å². The average Bonchev–Trinajstić information content (AvgIpc) is 2.71. The van der Waals surface area contributed by atoms with Crippen LogP contribution >= 0.6 is 15.9 Å². The van der Waals surface area contributed by atoms with Crippen LogP contribution in [0, 0.1) is 6.92 Å². The summed E-state index contributed by atoms with van der Waals surface area (Å²) in [5, 5.41) is 3.00. The van der Waals surface area contributed by atoms with E-state index < -0.39 is 0 Å². The molecule has 1 N–H and O–H groups in total. The maximum Gasteiger partial charge on any atom is 0.225 e. The second kappa shape index (κ2) is 12.1. The molecule has 1 aliphatic rings. The van der Waals surface area contributed by atoms with Crippen molar-refractivity contribution in [1.82, 2.24) is 9.80 Å². The van der Waals surface area contributed by atoms with Gasteiger partial charge in [-0.2, -0.15) is 0 Å². The molecular weight excluding hydrogens is 450 g/mol. The van der Waals surface area contributed by atoms with Gasteiger partial charge in [-0.25, -0.2) is 0 Å². The van der Waals surface area contributed by atoms with Gasteiger partial charge < -0.3 is 22.6 Å². The number of aryl methyl sites for hydroxylation is 1. The minimum absolute atomic E-state index is 0. The smallest absolute Gasteiger partial charge is 0.225 e. The van der Waals surface area contributed by atoms with Crippen LogP contribution in [0.1, 0.15) is 17.5 Å². The largest absolute Gasteiger partial charge is 1.00 e. The predicted molar refractivity (Wildman–Crippen MR) is 120 cm³/mol. The molecule has 6 heteroatoms. The van der Waals surface area contributed by atoms with Gasteiger partial charge in [0.25, 0.3) is 0 Å². The Balaban J connectivity index is 0.00000300. The quantitative estimate of drug-likeness (QED) is 0.655. The summed E-state index contributed by atoms with van der Waals surface area (Å²) >= 11 is 3.48. The predicted octanol–water partition coefficient (Wildman–Crippen LogP) is 1.42. The molecule has 4 nitrogen and oxygen atoms in total. The van der Waals surface area contributed by atoms with Crippen LogP contribution in [0.25, 0.3) is 6.08 Å². The molecule has 29 heavy (non-hydrogen) atoms. The van der Waals surface area contributed by atoms with Crippen LogP contribution in [-0.4, -0.2) is 55.0 Å². The Morgan fingerprint density at radius 1 is 1.07 bits per heavy atom. The number of nitrogens with one attached hydrogen (secondary N) is 1. The van der Waals surface area contributed by atoms with Crippen LogP contribution in [0.5, 0.6) is 0 Å².